The van der Waals surface area contributed by atoms with Crippen LogP contribution < -0.4 is 10.6 Å². The Bertz CT molecular complexity index is 905. The van der Waals surface area contributed by atoms with Crippen molar-refractivity contribution < 1.29 is 9.59 Å². The van der Waals surface area contributed by atoms with Crippen LogP contribution in [0.4, 0.5) is 5.69 Å². The van der Waals surface area contributed by atoms with E-state index in [1.807, 2.05) is 60.0 Å². The summed E-state index contributed by atoms with van der Waals surface area (Å²) in [6.45, 7) is 2.05. The first-order valence-electron chi connectivity index (χ1n) is 8.73. The molecule has 0 fully saturated rings. The largest absolute Gasteiger partial charge is 0.355 e. The summed E-state index contributed by atoms with van der Waals surface area (Å²) in [5.41, 5.74) is 3.68. The molecule has 2 aromatic carbocycles. The van der Waals surface area contributed by atoms with Gasteiger partial charge in [-0.2, -0.15) is 0 Å². The summed E-state index contributed by atoms with van der Waals surface area (Å²) in [4.78, 5) is 27.7. The molecule has 3 aromatic rings. The van der Waals surface area contributed by atoms with Gasteiger partial charge in [0.15, 0.2) is 0 Å². The zero-order chi connectivity index (χ0) is 19.1. The third kappa shape index (κ3) is 5.76. The molecule has 0 aliphatic rings. The van der Waals surface area contributed by atoms with E-state index in [0.29, 0.717) is 19.4 Å². The van der Waals surface area contributed by atoms with Crippen molar-refractivity contribution in [1.82, 2.24) is 10.3 Å². The number of carbonyl (C=O) groups excluding carboxylic acids is 2. The van der Waals surface area contributed by atoms with Gasteiger partial charge < -0.3 is 10.6 Å². The fourth-order valence-electron chi connectivity index (χ4n) is 2.64. The molecule has 0 spiro atoms. The second kappa shape index (κ2) is 9.09. The van der Waals surface area contributed by atoms with E-state index in [2.05, 4.69) is 15.6 Å². The van der Waals surface area contributed by atoms with Crippen LogP contribution in [-0.4, -0.2) is 23.3 Å². The molecule has 0 saturated carbocycles. The van der Waals surface area contributed by atoms with E-state index >= 15 is 0 Å². The van der Waals surface area contributed by atoms with Crippen LogP contribution in [0, 0.1) is 0 Å². The van der Waals surface area contributed by atoms with Crippen molar-refractivity contribution in [2.45, 2.75) is 19.8 Å². The molecule has 6 heteroatoms. The van der Waals surface area contributed by atoms with Gasteiger partial charge in [-0.25, -0.2) is 4.98 Å². The minimum absolute atomic E-state index is 0.0199. The molecule has 1 aromatic heterocycles. The van der Waals surface area contributed by atoms with Gasteiger partial charge in [-0.1, -0.05) is 42.5 Å². The van der Waals surface area contributed by atoms with E-state index in [1.165, 1.54) is 6.92 Å². The lowest BCUT2D eigenvalue weighted by molar-refractivity contribution is -0.120. The molecule has 2 amide bonds. The summed E-state index contributed by atoms with van der Waals surface area (Å²) in [6, 6.07) is 17.3. The van der Waals surface area contributed by atoms with E-state index in [4.69, 9.17) is 0 Å². The number of hydrogen-bond acceptors (Lipinski definition) is 4. The molecule has 0 saturated heterocycles. The number of aromatic nitrogens is 1. The number of nitrogens with zero attached hydrogens (tertiary/aromatic N) is 1. The maximum atomic E-state index is 12.0. The maximum absolute atomic E-state index is 12.0. The van der Waals surface area contributed by atoms with Crippen LogP contribution >= 0.6 is 11.3 Å². The Hall–Kier alpha value is -2.99. The zero-order valence-electron chi connectivity index (χ0n) is 15.1. The maximum Gasteiger partial charge on any atom is 0.224 e. The van der Waals surface area contributed by atoms with Gasteiger partial charge >= 0.3 is 0 Å². The molecule has 0 atom stereocenters. The second-order valence-electron chi connectivity index (χ2n) is 6.15. The Labute approximate surface area is 162 Å². The molecule has 0 aliphatic carbocycles. The highest BCUT2D eigenvalue weighted by Crippen LogP contribution is 2.23. The topological polar surface area (TPSA) is 71.1 Å². The van der Waals surface area contributed by atoms with Gasteiger partial charge in [0.25, 0.3) is 0 Å². The third-order valence-corrected chi connectivity index (χ3v) is 4.83. The van der Waals surface area contributed by atoms with Crippen molar-refractivity contribution in [2.75, 3.05) is 11.9 Å². The standard InChI is InChI=1S/C21H21N3O2S/c1-15(25)23-18-9-7-17(8-10-18)19-14-27-21(24-19)11-12-22-20(26)13-16-5-3-2-4-6-16/h2-10,14H,11-13H2,1H3,(H,22,26)(H,23,25). The normalized spacial score (nSPS) is 10.4. The summed E-state index contributed by atoms with van der Waals surface area (Å²) in [7, 11) is 0. The molecule has 0 bridgehead atoms. The van der Waals surface area contributed by atoms with Gasteiger partial charge in [0.05, 0.1) is 17.1 Å². The van der Waals surface area contributed by atoms with E-state index in [0.717, 1.165) is 27.5 Å². The van der Waals surface area contributed by atoms with Crippen LogP contribution in [0.25, 0.3) is 11.3 Å². The van der Waals surface area contributed by atoms with Gasteiger partial charge in [0, 0.05) is 36.5 Å². The molecule has 3 rings (SSSR count). The monoisotopic (exact) mass is 379 g/mol. The Morgan fingerprint density at radius 2 is 1.78 bits per heavy atom. The number of thiazole rings is 1. The Kier molecular flexibility index (Phi) is 6.33. The Balaban J connectivity index is 1.49. The second-order valence-corrected chi connectivity index (χ2v) is 7.09. The van der Waals surface area contributed by atoms with Crippen LogP contribution in [-0.2, 0) is 22.4 Å². The highest BCUT2D eigenvalue weighted by atomic mass is 32.1. The van der Waals surface area contributed by atoms with E-state index in [9.17, 15) is 9.59 Å². The summed E-state index contributed by atoms with van der Waals surface area (Å²) in [5.74, 6) is -0.0699. The van der Waals surface area contributed by atoms with Crippen molar-refractivity contribution in [2.24, 2.45) is 0 Å². The minimum Gasteiger partial charge on any atom is -0.355 e. The van der Waals surface area contributed by atoms with Gasteiger partial charge in [-0.05, 0) is 17.7 Å². The molecule has 0 unspecified atom stereocenters. The lowest BCUT2D eigenvalue weighted by Gasteiger charge is -2.04. The highest BCUT2D eigenvalue weighted by molar-refractivity contribution is 7.09. The predicted molar refractivity (Wildman–Crippen MR) is 109 cm³/mol. The van der Waals surface area contributed by atoms with Crippen molar-refractivity contribution in [3.8, 4) is 11.3 Å². The van der Waals surface area contributed by atoms with Crippen molar-refractivity contribution in [1.29, 1.82) is 0 Å². The number of nitrogens with one attached hydrogen (secondary N) is 2. The molecule has 138 valence electrons. The third-order valence-electron chi connectivity index (χ3n) is 3.92. The van der Waals surface area contributed by atoms with Crippen molar-refractivity contribution >= 4 is 28.8 Å². The summed E-state index contributed by atoms with van der Waals surface area (Å²) in [6.07, 6.45) is 1.10. The number of benzene rings is 2. The summed E-state index contributed by atoms with van der Waals surface area (Å²) in [5, 5.41) is 8.68. The quantitative estimate of drug-likeness (QED) is 0.658. The molecule has 0 radical (unpaired) electrons. The lowest BCUT2D eigenvalue weighted by atomic mass is 10.1. The first-order chi connectivity index (χ1) is 13.1. The van der Waals surface area contributed by atoms with Crippen LogP contribution in [0.2, 0.25) is 0 Å². The molecular weight excluding hydrogens is 358 g/mol. The molecule has 2 N–H and O–H groups in total. The average Bonchev–Trinajstić information content (AvgIpc) is 3.11. The van der Waals surface area contributed by atoms with Crippen LogP contribution in [0.3, 0.4) is 0 Å². The molecule has 27 heavy (non-hydrogen) atoms. The first-order valence-corrected chi connectivity index (χ1v) is 9.61. The first kappa shape index (κ1) is 18.8. The number of rotatable bonds is 7. The molecule has 1 heterocycles. The number of anilines is 1. The highest BCUT2D eigenvalue weighted by Gasteiger charge is 2.07. The van der Waals surface area contributed by atoms with Crippen molar-refractivity contribution in [3.05, 3.63) is 70.5 Å². The van der Waals surface area contributed by atoms with Crippen LogP contribution in [0.15, 0.2) is 60.0 Å². The SMILES string of the molecule is CC(=O)Nc1ccc(-c2csc(CCNC(=O)Cc3ccccc3)n2)cc1. The minimum atomic E-state index is -0.0898. The van der Waals surface area contributed by atoms with Crippen LogP contribution in [0.1, 0.15) is 17.5 Å². The number of hydrogen-bond donors (Lipinski definition) is 2. The molecule has 0 aliphatic heterocycles. The zero-order valence-corrected chi connectivity index (χ0v) is 15.9. The fraction of sp³-hybridized carbons (Fsp3) is 0.190. The predicted octanol–water partition coefficient (Wildman–Crippen LogP) is 3.67. The van der Waals surface area contributed by atoms with E-state index in [1.54, 1.807) is 11.3 Å². The molecular formula is C21H21N3O2S. The summed E-state index contributed by atoms with van der Waals surface area (Å²) < 4.78 is 0. The Morgan fingerprint density at radius 3 is 2.48 bits per heavy atom. The van der Waals surface area contributed by atoms with Gasteiger partial charge in [0.2, 0.25) is 11.8 Å². The lowest BCUT2D eigenvalue weighted by Crippen LogP contribution is -2.27. The average molecular weight is 379 g/mol. The fourth-order valence-corrected chi connectivity index (χ4v) is 3.45. The smallest absolute Gasteiger partial charge is 0.224 e. The van der Waals surface area contributed by atoms with E-state index in [-0.39, 0.29) is 11.8 Å². The van der Waals surface area contributed by atoms with Gasteiger partial charge in [-0.15, -0.1) is 11.3 Å². The molecule has 5 nitrogen and oxygen atoms in total. The number of carbonyl (C=O) groups is 2. The van der Waals surface area contributed by atoms with Crippen LogP contribution in [0.5, 0.6) is 0 Å². The van der Waals surface area contributed by atoms with E-state index < -0.39 is 0 Å². The Morgan fingerprint density at radius 1 is 1.04 bits per heavy atom. The van der Waals surface area contributed by atoms with Gasteiger partial charge in [0.1, 0.15) is 0 Å². The van der Waals surface area contributed by atoms with Crippen molar-refractivity contribution in [3.63, 3.8) is 0 Å². The van der Waals surface area contributed by atoms with Gasteiger partial charge in [-0.3, -0.25) is 9.59 Å². The number of amides is 2. The summed E-state index contributed by atoms with van der Waals surface area (Å²) >= 11 is 1.58.